The van der Waals surface area contributed by atoms with Gasteiger partial charge in [-0.2, -0.15) is 0 Å². The molecule has 0 bridgehead atoms. The molecule has 1 N–H and O–H groups in total. The van der Waals surface area contributed by atoms with E-state index in [4.69, 9.17) is 0 Å². The molecule has 0 radical (unpaired) electrons. The molecule has 31 heavy (non-hydrogen) atoms. The third-order valence-corrected chi connectivity index (χ3v) is 6.20. The van der Waals surface area contributed by atoms with Crippen molar-refractivity contribution in [3.63, 3.8) is 0 Å². The summed E-state index contributed by atoms with van der Waals surface area (Å²) in [7, 11) is 0. The summed E-state index contributed by atoms with van der Waals surface area (Å²) in [6.07, 6.45) is 4.73. The summed E-state index contributed by atoms with van der Waals surface area (Å²) in [6.45, 7) is 8.81. The standard InChI is InChI=1S/C25H32N4O2/c1-25(2,3)24(31)27-16-18-8-7-14-28(17-18)22-20(10-6-13-26-22)23(30)29-15-12-19-9-4-5-11-21(19)29/h4-6,9-11,13,18H,7-8,12,14-17H2,1-3H3,(H,27,31). The Bertz CT molecular complexity index is 966. The average Bonchev–Trinajstić information content (AvgIpc) is 3.20. The van der Waals surface area contributed by atoms with Gasteiger partial charge in [0.25, 0.3) is 5.91 Å². The van der Waals surface area contributed by atoms with Crippen LogP contribution >= 0.6 is 0 Å². The lowest BCUT2D eigenvalue weighted by atomic mass is 9.94. The van der Waals surface area contributed by atoms with Crippen LogP contribution in [0.5, 0.6) is 0 Å². The number of rotatable bonds is 4. The molecule has 2 aliphatic rings. The summed E-state index contributed by atoms with van der Waals surface area (Å²) in [6, 6.07) is 11.8. The van der Waals surface area contributed by atoms with Crippen LogP contribution in [0.1, 0.15) is 49.5 Å². The molecular formula is C25H32N4O2. The second kappa shape index (κ2) is 8.69. The zero-order valence-electron chi connectivity index (χ0n) is 18.7. The van der Waals surface area contributed by atoms with Gasteiger partial charge in [-0.15, -0.1) is 0 Å². The van der Waals surface area contributed by atoms with E-state index in [2.05, 4.69) is 21.3 Å². The van der Waals surface area contributed by atoms with Gasteiger partial charge in [-0.1, -0.05) is 39.0 Å². The van der Waals surface area contributed by atoms with E-state index in [0.29, 0.717) is 24.6 Å². The minimum atomic E-state index is -0.388. The van der Waals surface area contributed by atoms with Gasteiger partial charge in [-0.05, 0) is 48.9 Å². The molecule has 164 valence electrons. The highest BCUT2D eigenvalue weighted by Gasteiger charge is 2.30. The lowest BCUT2D eigenvalue weighted by Gasteiger charge is -2.35. The molecule has 2 aromatic rings. The minimum absolute atomic E-state index is 0.0104. The number of para-hydroxylation sites is 1. The van der Waals surface area contributed by atoms with Crippen LogP contribution in [0.4, 0.5) is 11.5 Å². The van der Waals surface area contributed by atoms with Crippen LogP contribution in [-0.2, 0) is 11.2 Å². The van der Waals surface area contributed by atoms with Gasteiger partial charge in [0.05, 0.1) is 5.56 Å². The van der Waals surface area contributed by atoms with Crippen molar-refractivity contribution in [1.82, 2.24) is 10.3 Å². The Balaban J connectivity index is 1.49. The van der Waals surface area contributed by atoms with Gasteiger partial charge in [0.15, 0.2) is 0 Å². The van der Waals surface area contributed by atoms with Crippen LogP contribution in [0.3, 0.4) is 0 Å². The Morgan fingerprint density at radius 3 is 2.74 bits per heavy atom. The molecule has 1 aromatic heterocycles. The van der Waals surface area contributed by atoms with Crippen molar-refractivity contribution in [1.29, 1.82) is 0 Å². The summed E-state index contributed by atoms with van der Waals surface area (Å²) in [5.74, 6) is 1.18. The zero-order valence-corrected chi connectivity index (χ0v) is 18.7. The Hall–Kier alpha value is -2.89. The van der Waals surface area contributed by atoms with Gasteiger partial charge in [0, 0.05) is 43.5 Å². The number of carbonyl (C=O) groups excluding carboxylic acids is 2. The average molecular weight is 421 g/mol. The summed E-state index contributed by atoms with van der Waals surface area (Å²) in [5.41, 5.74) is 2.48. The smallest absolute Gasteiger partial charge is 0.262 e. The first-order chi connectivity index (χ1) is 14.8. The van der Waals surface area contributed by atoms with Crippen molar-refractivity contribution in [3.8, 4) is 0 Å². The lowest BCUT2D eigenvalue weighted by molar-refractivity contribution is -0.128. The minimum Gasteiger partial charge on any atom is -0.356 e. The Morgan fingerprint density at radius 2 is 1.94 bits per heavy atom. The quantitative estimate of drug-likeness (QED) is 0.820. The van der Waals surface area contributed by atoms with Crippen LogP contribution in [0.2, 0.25) is 0 Å². The van der Waals surface area contributed by atoms with Crippen LogP contribution in [0, 0.1) is 11.3 Å². The number of nitrogens with one attached hydrogen (secondary N) is 1. The first kappa shape index (κ1) is 21.3. The van der Waals surface area contributed by atoms with Gasteiger partial charge in [0.1, 0.15) is 5.82 Å². The van der Waals surface area contributed by atoms with Gasteiger partial charge >= 0.3 is 0 Å². The highest BCUT2D eigenvalue weighted by molar-refractivity contribution is 6.10. The Kier molecular flexibility index (Phi) is 5.99. The number of piperidine rings is 1. The SMILES string of the molecule is CC(C)(C)C(=O)NCC1CCCN(c2ncccc2C(=O)N2CCc3ccccc32)C1. The van der Waals surface area contributed by atoms with Crippen LogP contribution in [-0.4, -0.2) is 43.0 Å². The van der Waals surface area contributed by atoms with E-state index < -0.39 is 0 Å². The van der Waals surface area contributed by atoms with E-state index in [9.17, 15) is 9.59 Å². The topological polar surface area (TPSA) is 65.5 Å². The molecule has 2 amide bonds. The van der Waals surface area contributed by atoms with Gasteiger partial charge < -0.3 is 15.1 Å². The second-order valence-corrected chi connectivity index (χ2v) is 9.62. The molecule has 1 aromatic carbocycles. The molecule has 1 unspecified atom stereocenters. The van der Waals surface area contributed by atoms with Crippen molar-refractivity contribution in [3.05, 3.63) is 53.7 Å². The van der Waals surface area contributed by atoms with E-state index in [1.165, 1.54) is 5.56 Å². The number of pyridine rings is 1. The number of anilines is 2. The van der Waals surface area contributed by atoms with Crippen molar-refractivity contribution >= 4 is 23.3 Å². The number of carbonyl (C=O) groups is 2. The molecule has 0 spiro atoms. The molecule has 3 heterocycles. The maximum atomic E-state index is 13.5. The van der Waals surface area contributed by atoms with E-state index in [1.807, 2.05) is 56.0 Å². The highest BCUT2D eigenvalue weighted by atomic mass is 16.2. The van der Waals surface area contributed by atoms with E-state index in [1.54, 1.807) is 6.20 Å². The van der Waals surface area contributed by atoms with Gasteiger partial charge in [0.2, 0.25) is 5.91 Å². The van der Waals surface area contributed by atoms with Crippen LogP contribution in [0.15, 0.2) is 42.6 Å². The number of nitrogens with zero attached hydrogens (tertiary/aromatic N) is 3. The van der Waals surface area contributed by atoms with Crippen molar-refractivity contribution in [2.45, 2.75) is 40.0 Å². The Morgan fingerprint density at radius 1 is 1.13 bits per heavy atom. The predicted octanol–water partition coefficient (Wildman–Crippen LogP) is 3.66. The van der Waals surface area contributed by atoms with Crippen LogP contribution < -0.4 is 15.1 Å². The van der Waals surface area contributed by atoms with E-state index in [-0.39, 0.29) is 17.2 Å². The molecule has 1 atom stereocenters. The molecule has 0 aliphatic carbocycles. The Labute approximate surface area is 184 Å². The lowest BCUT2D eigenvalue weighted by Crippen LogP contribution is -2.44. The maximum absolute atomic E-state index is 13.5. The van der Waals surface area contributed by atoms with E-state index in [0.717, 1.165) is 43.9 Å². The summed E-state index contributed by atoms with van der Waals surface area (Å²) < 4.78 is 0. The summed E-state index contributed by atoms with van der Waals surface area (Å²) >= 11 is 0. The second-order valence-electron chi connectivity index (χ2n) is 9.62. The first-order valence-electron chi connectivity index (χ1n) is 11.2. The summed E-state index contributed by atoms with van der Waals surface area (Å²) in [5, 5.41) is 3.10. The third-order valence-electron chi connectivity index (χ3n) is 6.20. The summed E-state index contributed by atoms with van der Waals surface area (Å²) in [4.78, 5) is 34.4. The maximum Gasteiger partial charge on any atom is 0.262 e. The fourth-order valence-corrected chi connectivity index (χ4v) is 4.44. The van der Waals surface area contributed by atoms with Crippen molar-refractivity contribution in [2.24, 2.45) is 11.3 Å². The zero-order chi connectivity index (χ0) is 22.0. The highest BCUT2D eigenvalue weighted by Crippen LogP contribution is 2.31. The predicted molar refractivity (Wildman–Crippen MR) is 123 cm³/mol. The number of amides is 2. The number of hydrogen-bond donors (Lipinski definition) is 1. The normalized spacial score (nSPS) is 18.6. The van der Waals surface area contributed by atoms with E-state index >= 15 is 0 Å². The molecule has 4 rings (SSSR count). The molecule has 6 heteroatoms. The molecule has 2 aliphatic heterocycles. The van der Waals surface area contributed by atoms with Crippen molar-refractivity contribution in [2.75, 3.05) is 36.0 Å². The van der Waals surface area contributed by atoms with Crippen LogP contribution in [0.25, 0.3) is 0 Å². The number of aromatic nitrogens is 1. The van der Waals surface area contributed by atoms with Gasteiger partial charge in [-0.25, -0.2) is 4.98 Å². The number of benzene rings is 1. The number of hydrogen-bond acceptors (Lipinski definition) is 4. The molecule has 6 nitrogen and oxygen atoms in total. The monoisotopic (exact) mass is 420 g/mol. The fourth-order valence-electron chi connectivity index (χ4n) is 4.44. The molecule has 0 saturated carbocycles. The number of fused-ring (bicyclic) bond motifs is 1. The van der Waals surface area contributed by atoms with Gasteiger partial charge in [-0.3, -0.25) is 9.59 Å². The fraction of sp³-hybridized carbons (Fsp3) is 0.480. The first-order valence-corrected chi connectivity index (χ1v) is 11.2. The third kappa shape index (κ3) is 4.58. The molecular weight excluding hydrogens is 388 g/mol. The van der Waals surface area contributed by atoms with Crippen molar-refractivity contribution < 1.29 is 9.59 Å². The molecule has 1 saturated heterocycles. The largest absolute Gasteiger partial charge is 0.356 e. The molecule has 1 fully saturated rings.